The van der Waals surface area contributed by atoms with Crippen LogP contribution in [-0.2, 0) is 9.53 Å². The number of pyridine rings is 1. The van der Waals surface area contributed by atoms with Crippen LogP contribution in [0.25, 0.3) is 0 Å². The predicted octanol–water partition coefficient (Wildman–Crippen LogP) is 3.72. The van der Waals surface area contributed by atoms with Gasteiger partial charge in [0.15, 0.2) is 0 Å². The zero-order chi connectivity index (χ0) is 22.5. The number of likely N-dealkylation sites (tertiary alicyclic amines) is 1. The Morgan fingerprint density at radius 1 is 1.12 bits per heavy atom. The summed E-state index contributed by atoms with van der Waals surface area (Å²) in [5.41, 5.74) is 7.67. The molecule has 1 aromatic carbocycles. The first kappa shape index (κ1) is 22.2. The van der Waals surface area contributed by atoms with E-state index in [1.807, 2.05) is 11.0 Å². The van der Waals surface area contributed by atoms with E-state index < -0.39 is 0 Å². The lowest BCUT2D eigenvalue weighted by Crippen LogP contribution is -2.38. The fourth-order valence-corrected chi connectivity index (χ4v) is 4.38. The van der Waals surface area contributed by atoms with E-state index in [9.17, 15) is 14.0 Å². The van der Waals surface area contributed by atoms with E-state index in [1.54, 1.807) is 6.07 Å². The van der Waals surface area contributed by atoms with Gasteiger partial charge in [-0.1, -0.05) is 0 Å². The van der Waals surface area contributed by atoms with E-state index in [4.69, 9.17) is 10.5 Å². The minimum absolute atomic E-state index is 0.164. The van der Waals surface area contributed by atoms with E-state index in [0.717, 1.165) is 44.4 Å². The van der Waals surface area contributed by atoms with Crippen molar-refractivity contribution in [2.24, 2.45) is 0 Å². The SMILES string of the molecule is Nc1nc(C2CCN(C(=O)CC[C@H]3CCCO3)CC2)ccc1C(=O)Nc1ccc(F)cc1. The summed E-state index contributed by atoms with van der Waals surface area (Å²) in [4.78, 5) is 31.4. The third-order valence-corrected chi connectivity index (χ3v) is 6.26. The number of halogens is 1. The number of carbonyl (C=O) groups excluding carboxylic acids is 2. The maximum absolute atomic E-state index is 13.0. The number of amides is 2. The zero-order valence-corrected chi connectivity index (χ0v) is 18.1. The number of anilines is 2. The molecular weight excluding hydrogens is 411 g/mol. The molecule has 2 saturated heterocycles. The molecule has 2 aromatic rings. The van der Waals surface area contributed by atoms with Crippen LogP contribution in [-0.4, -0.2) is 47.5 Å². The molecule has 3 N–H and O–H groups in total. The van der Waals surface area contributed by atoms with Gasteiger partial charge >= 0.3 is 0 Å². The highest BCUT2D eigenvalue weighted by Gasteiger charge is 2.26. The summed E-state index contributed by atoms with van der Waals surface area (Å²) in [6.07, 6.45) is 5.37. The number of nitrogens with zero attached hydrogens (tertiary/aromatic N) is 2. The molecule has 8 heteroatoms. The summed E-state index contributed by atoms with van der Waals surface area (Å²) in [5, 5.41) is 2.70. The van der Waals surface area contributed by atoms with E-state index in [2.05, 4.69) is 10.3 Å². The highest BCUT2D eigenvalue weighted by molar-refractivity contribution is 6.07. The summed E-state index contributed by atoms with van der Waals surface area (Å²) in [5.74, 6) is -0.200. The van der Waals surface area contributed by atoms with Crippen LogP contribution in [0.3, 0.4) is 0 Å². The number of carbonyl (C=O) groups is 2. The minimum Gasteiger partial charge on any atom is -0.383 e. The number of nitrogens with one attached hydrogen (secondary N) is 1. The van der Waals surface area contributed by atoms with Crippen LogP contribution in [0, 0.1) is 5.82 Å². The number of aromatic nitrogens is 1. The Hall–Kier alpha value is -3.00. The van der Waals surface area contributed by atoms with E-state index in [-0.39, 0.29) is 41.0 Å². The number of benzene rings is 1. The molecule has 0 spiro atoms. The number of hydrogen-bond donors (Lipinski definition) is 2. The number of rotatable bonds is 6. The van der Waals surface area contributed by atoms with Gasteiger partial charge in [-0.15, -0.1) is 0 Å². The van der Waals surface area contributed by atoms with Crippen LogP contribution < -0.4 is 11.1 Å². The predicted molar refractivity (Wildman–Crippen MR) is 120 cm³/mol. The first-order chi connectivity index (χ1) is 15.5. The fourth-order valence-electron chi connectivity index (χ4n) is 4.38. The number of nitrogen functional groups attached to an aromatic ring is 1. The smallest absolute Gasteiger partial charge is 0.259 e. The molecule has 0 bridgehead atoms. The first-order valence-corrected chi connectivity index (χ1v) is 11.2. The van der Waals surface area contributed by atoms with E-state index in [0.29, 0.717) is 25.2 Å². The zero-order valence-electron chi connectivity index (χ0n) is 18.1. The molecule has 7 nitrogen and oxygen atoms in total. The molecule has 1 aromatic heterocycles. The summed E-state index contributed by atoms with van der Waals surface area (Å²) in [7, 11) is 0. The first-order valence-electron chi connectivity index (χ1n) is 11.2. The van der Waals surface area contributed by atoms with Gasteiger partial charge in [0.25, 0.3) is 5.91 Å². The molecule has 1 atom stereocenters. The molecule has 2 aliphatic heterocycles. The Bertz CT molecular complexity index is 952. The Balaban J connectivity index is 1.30. The molecule has 3 heterocycles. The molecule has 170 valence electrons. The van der Waals surface area contributed by atoms with Crippen LogP contribution in [0.15, 0.2) is 36.4 Å². The average Bonchev–Trinajstić information content (AvgIpc) is 3.33. The normalized spacial score (nSPS) is 19.2. The summed E-state index contributed by atoms with van der Waals surface area (Å²) < 4.78 is 18.6. The monoisotopic (exact) mass is 440 g/mol. The molecule has 0 aliphatic carbocycles. The van der Waals surface area contributed by atoms with Crippen LogP contribution in [0.2, 0.25) is 0 Å². The topological polar surface area (TPSA) is 97.6 Å². The van der Waals surface area contributed by atoms with E-state index >= 15 is 0 Å². The summed E-state index contributed by atoms with van der Waals surface area (Å²) in [6.45, 7) is 2.21. The molecular formula is C24H29FN4O3. The molecule has 0 saturated carbocycles. The second-order valence-corrected chi connectivity index (χ2v) is 8.46. The Morgan fingerprint density at radius 3 is 2.53 bits per heavy atom. The molecule has 2 aliphatic rings. The number of piperidine rings is 1. The van der Waals surface area contributed by atoms with Gasteiger partial charge in [-0.25, -0.2) is 9.37 Å². The maximum Gasteiger partial charge on any atom is 0.259 e. The van der Waals surface area contributed by atoms with Crippen molar-refractivity contribution in [3.63, 3.8) is 0 Å². The lowest BCUT2D eigenvalue weighted by molar-refractivity contribution is -0.132. The lowest BCUT2D eigenvalue weighted by Gasteiger charge is -2.32. The number of ether oxygens (including phenoxy) is 1. The van der Waals surface area contributed by atoms with Crippen molar-refractivity contribution in [2.75, 3.05) is 30.7 Å². The van der Waals surface area contributed by atoms with Gasteiger partial charge in [0.2, 0.25) is 5.91 Å². The third-order valence-electron chi connectivity index (χ3n) is 6.26. The van der Waals surface area contributed by atoms with Crippen molar-refractivity contribution < 1.29 is 18.7 Å². The van der Waals surface area contributed by atoms with Crippen molar-refractivity contribution in [1.82, 2.24) is 9.88 Å². The van der Waals surface area contributed by atoms with Gasteiger partial charge < -0.3 is 20.7 Å². The second-order valence-electron chi connectivity index (χ2n) is 8.46. The molecule has 32 heavy (non-hydrogen) atoms. The van der Waals surface area contributed by atoms with Gasteiger partial charge in [0.1, 0.15) is 11.6 Å². The van der Waals surface area contributed by atoms with Gasteiger partial charge in [-0.2, -0.15) is 0 Å². The van der Waals surface area contributed by atoms with Gasteiger partial charge in [0, 0.05) is 43.4 Å². The third kappa shape index (κ3) is 5.43. The van der Waals surface area contributed by atoms with E-state index in [1.165, 1.54) is 24.3 Å². The Kier molecular flexibility index (Phi) is 6.99. The standard InChI is InChI=1S/C24H29FN4O3/c25-17-3-5-18(6-4-17)27-24(31)20-8-9-21(28-23(20)26)16-11-13-29(14-12-16)22(30)10-7-19-2-1-15-32-19/h3-6,8-9,16,19H,1-2,7,10-15H2,(H2,26,28)(H,27,31)/t19-/m1/s1. The van der Waals surface area contributed by atoms with Crippen LogP contribution in [0.5, 0.6) is 0 Å². The molecule has 0 unspecified atom stereocenters. The fraction of sp³-hybridized carbons (Fsp3) is 0.458. The van der Waals surface area contributed by atoms with Gasteiger partial charge in [-0.05, 0) is 68.5 Å². The van der Waals surface area contributed by atoms with Crippen molar-refractivity contribution in [2.45, 2.75) is 50.5 Å². The van der Waals surface area contributed by atoms with Gasteiger partial charge in [0.05, 0.1) is 11.7 Å². The van der Waals surface area contributed by atoms with Crippen molar-refractivity contribution >= 4 is 23.3 Å². The second kappa shape index (κ2) is 10.1. The summed E-state index contributed by atoms with van der Waals surface area (Å²) in [6, 6.07) is 9.03. The quantitative estimate of drug-likeness (QED) is 0.714. The summed E-state index contributed by atoms with van der Waals surface area (Å²) >= 11 is 0. The number of nitrogens with two attached hydrogens (primary N) is 1. The molecule has 0 radical (unpaired) electrons. The molecule has 2 fully saturated rings. The van der Waals surface area contributed by atoms with Crippen LogP contribution in [0.1, 0.15) is 60.5 Å². The molecule has 4 rings (SSSR count). The highest BCUT2D eigenvalue weighted by Crippen LogP contribution is 2.29. The number of hydrogen-bond acceptors (Lipinski definition) is 5. The van der Waals surface area contributed by atoms with Crippen LogP contribution >= 0.6 is 0 Å². The Labute approximate surface area is 187 Å². The van der Waals surface area contributed by atoms with Crippen LogP contribution in [0.4, 0.5) is 15.9 Å². The maximum atomic E-state index is 13.0. The van der Waals surface area contributed by atoms with Crippen molar-refractivity contribution in [3.8, 4) is 0 Å². The van der Waals surface area contributed by atoms with Crippen molar-refractivity contribution in [3.05, 3.63) is 53.5 Å². The Morgan fingerprint density at radius 2 is 1.88 bits per heavy atom. The lowest BCUT2D eigenvalue weighted by atomic mass is 9.92. The molecule has 2 amide bonds. The van der Waals surface area contributed by atoms with Gasteiger partial charge in [-0.3, -0.25) is 9.59 Å². The average molecular weight is 441 g/mol. The van der Waals surface area contributed by atoms with Crippen molar-refractivity contribution in [1.29, 1.82) is 0 Å². The largest absolute Gasteiger partial charge is 0.383 e. The minimum atomic E-state index is -0.389. The highest BCUT2D eigenvalue weighted by atomic mass is 19.1.